The van der Waals surface area contributed by atoms with Crippen molar-refractivity contribution >= 4 is 23.3 Å². The summed E-state index contributed by atoms with van der Waals surface area (Å²) in [6.07, 6.45) is 0.265. The maximum Gasteiger partial charge on any atom is 0.337 e. The highest BCUT2D eigenvalue weighted by atomic mass is 16.4. The Kier molecular flexibility index (Phi) is 4.98. The van der Waals surface area contributed by atoms with Crippen molar-refractivity contribution in [3.8, 4) is 0 Å². The van der Waals surface area contributed by atoms with Crippen LogP contribution < -0.4 is 16.4 Å². The molecule has 0 spiro atoms. The van der Waals surface area contributed by atoms with Gasteiger partial charge in [-0.1, -0.05) is 6.07 Å². The molecular formula is C12H17N3O3. The highest BCUT2D eigenvalue weighted by Gasteiger charge is 2.12. The van der Waals surface area contributed by atoms with Crippen LogP contribution in [0, 0.1) is 0 Å². The molecule has 0 saturated heterocycles. The van der Waals surface area contributed by atoms with Crippen molar-refractivity contribution in [2.24, 2.45) is 0 Å². The normalized spacial score (nSPS) is 9.83. The minimum atomic E-state index is -1.05. The Labute approximate surface area is 105 Å². The second-order valence-electron chi connectivity index (χ2n) is 3.71. The number of para-hydroxylation sites is 1. The van der Waals surface area contributed by atoms with Gasteiger partial charge in [-0.15, -0.1) is 0 Å². The first-order valence-corrected chi connectivity index (χ1v) is 5.68. The molecule has 0 atom stereocenters. The molecule has 5 N–H and O–H groups in total. The minimum Gasteiger partial charge on any atom is -0.478 e. The molecule has 0 radical (unpaired) electrons. The number of carbonyl (C=O) groups is 2. The van der Waals surface area contributed by atoms with Crippen LogP contribution in [0.2, 0.25) is 0 Å². The number of carbonyl (C=O) groups excluding carboxylic acids is 1. The zero-order valence-electron chi connectivity index (χ0n) is 10.2. The van der Waals surface area contributed by atoms with Crippen molar-refractivity contribution in [1.29, 1.82) is 0 Å². The number of amides is 1. The topological polar surface area (TPSA) is 104 Å². The number of benzene rings is 1. The number of nitrogens with two attached hydrogens (primary N) is 1. The Hall–Kier alpha value is -2.24. The van der Waals surface area contributed by atoms with E-state index in [1.165, 1.54) is 6.07 Å². The molecule has 98 valence electrons. The lowest BCUT2D eigenvalue weighted by atomic mass is 10.1. The van der Waals surface area contributed by atoms with Crippen LogP contribution in [0.1, 0.15) is 23.7 Å². The van der Waals surface area contributed by atoms with Crippen LogP contribution in [-0.4, -0.2) is 30.1 Å². The van der Waals surface area contributed by atoms with E-state index in [-0.39, 0.29) is 17.9 Å². The molecule has 1 aromatic carbocycles. The quantitative estimate of drug-likeness (QED) is 0.562. The SMILES string of the molecule is CCNC(=O)CCNc1c(N)cccc1C(=O)O. The van der Waals surface area contributed by atoms with Crippen molar-refractivity contribution in [3.63, 3.8) is 0 Å². The Morgan fingerprint density at radius 1 is 1.39 bits per heavy atom. The van der Waals surface area contributed by atoms with Gasteiger partial charge in [0.2, 0.25) is 5.91 Å². The maximum atomic E-state index is 11.2. The molecule has 0 fully saturated rings. The molecule has 0 aliphatic rings. The maximum absolute atomic E-state index is 11.2. The number of aromatic carboxylic acids is 1. The number of carboxylic acid groups (broad SMARTS) is 1. The highest BCUT2D eigenvalue weighted by Crippen LogP contribution is 2.23. The van der Waals surface area contributed by atoms with Crippen molar-refractivity contribution in [1.82, 2.24) is 5.32 Å². The average Bonchev–Trinajstić information content (AvgIpc) is 2.31. The van der Waals surface area contributed by atoms with Crippen LogP contribution >= 0.6 is 0 Å². The van der Waals surface area contributed by atoms with Crippen LogP contribution in [0.3, 0.4) is 0 Å². The van der Waals surface area contributed by atoms with Crippen LogP contribution in [-0.2, 0) is 4.79 Å². The van der Waals surface area contributed by atoms with Gasteiger partial charge in [-0.3, -0.25) is 4.79 Å². The van der Waals surface area contributed by atoms with Crippen molar-refractivity contribution in [2.75, 3.05) is 24.1 Å². The standard InChI is InChI=1S/C12H17N3O3/c1-2-14-10(16)6-7-15-11-8(12(17)18)4-3-5-9(11)13/h3-5,15H,2,6-7,13H2,1H3,(H,14,16)(H,17,18). The predicted molar refractivity (Wildman–Crippen MR) is 69.6 cm³/mol. The largest absolute Gasteiger partial charge is 0.478 e. The van der Waals surface area contributed by atoms with Gasteiger partial charge >= 0.3 is 5.97 Å². The first kappa shape index (κ1) is 13.8. The second kappa shape index (κ2) is 6.48. The van der Waals surface area contributed by atoms with Crippen molar-refractivity contribution < 1.29 is 14.7 Å². The number of hydrogen-bond donors (Lipinski definition) is 4. The molecule has 6 nitrogen and oxygen atoms in total. The smallest absolute Gasteiger partial charge is 0.337 e. The van der Waals surface area contributed by atoms with Crippen molar-refractivity contribution in [3.05, 3.63) is 23.8 Å². The van der Waals surface area contributed by atoms with E-state index >= 15 is 0 Å². The summed E-state index contributed by atoms with van der Waals surface area (Å²) in [6.45, 7) is 2.75. The van der Waals surface area contributed by atoms with E-state index in [1.54, 1.807) is 12.1 Å². The van der Waals surface area contributed by atoms with E-state index in [0.717, 1.165) is 0 Å². The Bertz CT molecular complexity index is 446. The first-order valence-electron chi connectivity index (χ1n) is 5.68. The summed E-state index contributed by atoms with van der Waals surface area (Å²) in [5.74, 6) is -1.14. The third-order valence-electron chi connectivity index (χ3n) is 2.35. The summed E-state index contributed by atoms with van der Waals surface area (Å²) in [5.41, 5.74) is 6.52. The van der Waals surface area contributed by atoms with Gasteiger partial charge in [0.25, 0.3) is 0 Å². The molecule has 1 amide bonds. The van der Waals surface area contributed by atoms with Gasteiger partial charge in [-0.2, -0.15) is 0 Å². The van der Waals surface area contributed by atoms with Crippen LogP contribution in [0.5, 0.6) is 0 Å². The van der Waals surface area contributed by atoms with E-state index in [4.69, 9.17) is 10.8 Å². The van der Waals surface area contributed by atoms with Crippen LogP contribution in [0.25, 0.3) is 0 Å². The highest BCUT2D eigenvalue weighted by molar-refractivity contribution is 5.97. The van der Waals surface area contributed by atoms with E-state index in [2.05, 4.69) is 10.6 Å². The first-order chi connectivity index (χ1) is 8.56. The molecule has 1 aromatic rings. The summed E-state index contributed by atoms with van der Waals surface area (Å²) in [5, 5.41) is 14.6. The fraction of sp³-hybridized carbons (Fsp3) is 0.333. The van der Waals surface area contributed by atoms with E-state index in [0.29, 0.717) is 24.5 Å². The predicted octanol–water partition coefficient (Wildman–Crippen LogP) is 0.905. The average molecular weight is 251 g/mol. The minimum absolute atomic E-state index is 0.0867. The Morgan fingerprint density at radius 3 is 2.72 bits per heavy atom. The summed E-state index contributed by atoms with van der Waals surface area (Å²) in [4.78, 5) is 22.2. The Balaban J connectivity index is 2.67. The van der Waals surface area contributed by atoms with Crippen LogP contribution in [0.4, 0.5) is 11.4 Å². The van der Waals surface area contributed by atoms with E-state index < -0.39 is 5.97 Å². The lowest BCUT2D eigenvalue weighted by Gasteiger charge is -2.11. The van der Waals surface area contributed by atoms with Gasteiger partial charge in [0, 0.05) is 19.5 Å². The molecule has 0 heterocycles. The number of nitrogens with one attached hydrogen (secondary N) is 2. The monoisotopic (exact) mass is 251 g/mol. The molecule has 0 aliphatic carbocycles. The second-order valence-corrected chi connectivity index (χ2v) is 3.71. The van der Waals surface area contributed by atoms with E-state index in [9.17, 15) is 9.59 Å². The molecule has 0 saturated carbocycles. The van der Waals surface area contributed by atoms with Gasteiger partial charge in [-0.25, -0.2) is 4.79 Å². The molecule has 0 unspecified atom stereocenters. The number of hydrogen-bond acceptors (Lipinski definition) is 4. The third kappa shape index (κ3) is 3.65. The summed E-state index contributed by atoms with van der Waals surface area (Å²) in [6, 6.07) is 4.65. The molecule has 6 heteroatoms. The van der Waals surface area contributed by atoms with Gasteiger partial charge in [0.05, 0.1) is 16.9 Å². The molecule has 0 aromatic heterocycles. The molecular weight excluding hydrogens is 234 g/mol. The summed E-state index contributed by atoms with van der Waals surface area (Å²) in [7, 11) is 0. The number of rotatable bonds is 6. The van der Waals surface area contributed by atoms with Gasteiger partial charge in [0.1, 0.15) is 0 Å². The van der Waals surface area contributed by atoms with E-state index in [1.807, 2.05) is 6.92 Å². The zero-order chi connectivity index (χ0) is 13.5. The van der Waals surface area contributed by atoms with Crippen molar-refractivity contribution in [2.45, 2.75) is 13.3 Å². The molecule has 18 heavy (non-hydrogen) atoms. The lowest BCUT2D eigenvalue weighted by Crippen LogP contribution is -2.25. The summed E-state index contributed by atoms with van der Waals surface area (Å²) >= 11 is 0. The zero-order valence-corrected chi connectivity index (χ0v) is 10.2. The fourth-order valence-corrected chi connectivity index (χ4v) is 1.53. The van der Waals surface area contributed by atoms with Crippen LogP contribution in [0.15, 0.2) is 18.2 Å². The van der Waals surface area contributed by atoms with Gasteiger partial charge in [-0.05, 0) is 19.1 Å². The lowest BCUT2D eigenvalue weighted by molar-refractivity contribution is -0.120. The van der Waals surface area contributed by atoms with Gasteiger partial charge < -0.3 is 21.5 Å². The molecule has 0 bridgehead atoms. The third-order valence-corrected chi connectivity index (χ3v) is 2.35. The fourth-order valence-electron chi connectivity index (χ4n) is 1.53. The summed E-state index contributed by atoms with van der Waals surface area (Å²) < 4.78 is 0. The van der Waals surface area contributed by atoms with Gasteiger partial charge in [0.15, 0.2) is 0 Å². The number of nitrogen functional groups attached to an aromatic ring is 1. The number of carboxylic acids is 1. The Morgan fingerprint density at radius 2 is 2.11 bits per heavy atom. The molecule has 0 aliphatic heterocycles. The number of anilines is 2. The molecule has 1 rings (SSSR count).